The second-order valence-electron chi connectivity index (χ2n) is 8.72. The van der Waals surface area contributed by atoms with E-state index in [4.69, 9.17) is 14.0 Å². The minimum absolute atomic E-state index is 0.00337. The van der Waals surface area contributed by atoms with Crippen LogP contribution in [-0.2, 0) is 15.7 Å². The number of piperidine rings is 1. The third-order valence-electron chi connectivity index (χ3n) is 6.35. The van der Waals surface area contributed by atoms with Gasteiger partial charge < -0.3 is 18.9 Å². The Hall–Kier alpha value is -1.04. The lowest BCUT2D eigenvalue weighted by Gasteiger charge is -2.37. The summed E-state index contributed by atoms with van der Waals surface area (Å²) in [5, 5.41) is 0. The number of fused-ring (bicyclic) bond motifs is 1. The molecule has 0 unspecified atom stereocenters. The maximum Gasteiger partial charge on any atom is 0.494 e. The van der Waals surface area contributed by atoms with Crippen LogP contribution < -0.4 is 10.2 Å². The largest absolute Gasteiger partial charge is 0.494 e. The molecule has 3 aliphatic rings. The average molecular weight is 329 g/mol. The third-order valence-corrected chi connectivity index (χ3v) is 6.35. The van der Waals surface area contributed by atoms with Gasteiger partial charge in [0, 0.05) is 32.4 Å². The molecule has 130 valence electrons. The summed E-state index contributed by atoms with van der Waals surface area (Å²) in [4.78, 5) is 2.38. The van der Waals surface area contributed by atoms with Gasteiger partial charge in [0.1, 0.15) is 11.4 Å². The first-order valence-electron chi connectivity index (χ1n) is 9.06. The fourth-order valence-electron chi connectivity index (χ4n) is 3.86. The number of ether oxygens (including phenoxy) is 1. The Labute approximate surface area is 145 Å². The van der Waals surface area contributed by atoms with Crippen LogP contribution in [0.3, 0.4) is 0 Å². The van der Waals surface area contributed by atoms with Crippen molar-refractivity contribution in [1.29, 1.82) is 0 Å². The Morgan fingerprint density at radius 1 is 1.00 bits per heavy atom. The van der Waals surface area contributed by atoms with Crippen molar-refractivity contribution in [3.63, 3.8) is 0 Å². The summed E-state index contributed by atoms with van der Waals surface area (Å²) in [6, 6.07) is 6.46. The first-order chi connectivity index (χ1) is 11.2. The third kappa shape index (κ3) is 2.58. The predicted molar refractivity (Wildman–Crippen MR) is 96.0 cm³/mol. The standard InChI is InChI=1S/C19H28BNO3/c1-17(2)18(3,4)24-20(23-17)15-7-6-14-13-19(22-16(14)12-15)8-10-21(5)11-9-19/h6-7,12H,8-11,13H2,1-5H3. The summed E-state index contributed by atoms with van der Waals surface area (Å²) < 4.78 is 18.8. The van der Waals surface area contributed by atoms with E-state index in [2.05, 4.69) is 57.8 Å². The Morgan fingerprint density at radius 2 is 1.62 bits per heavy atom. The molecule has 2 saturated heterocycles. The average Bonchev–Trinajstić information content (AvgIpc) is 2.96. The van der Waals surface area contributed by atoms with Gasteiger partial charge in [0.05, 0.1) is 11.2 Å². The van der Waals surface area contributed by atoms with Crippen molar-refractivity contribution in [2.75, 3.05) is 20.1 Å². The molecule has 0 amide bonds. The summed E-state index contributed by atoms with van der Waals surface area (Å²) in [5.74, 6) is 1.02. The molecule has 1 spiro atoms. The van der Waals surface area contributed by atoms with Crippen molar-refractivity contribution >= 4 is 12.6 Å². The van der Waals surface area contributed by atoms with Gasteiger partial charge >= 0.3 is 7.12 Å². The minimum atomic E-state index is -0.321. The smallest absolute Gasteiger partial charge is 0.487 e. The second-order valence-corrected chi connectivity index (χ2v) is 8.72. The first kappa shape index (κ1) is 16.4. The Balaban J connectivity index is 1.55. The molecule has 5 heteroatoms. The van der Waals surface area contributed by atoms with Gasteiger partial charge in [0.15, 0.2) is 0 Å². The van der Waals surface area contributed by atoms with Gasteiger partial charge in [-0.2, -0.15) is 0 Å². The molecule has 0 aromatic heterocycles. The van der Waals surface area contributed by atoms with Crippen LogP contribution in [0.15, 0.2) is 18.2 Å². The summed E-state index contributed by atoms with van der Waals surface area (Å²) in [7, 11) is 1.86. The highest BCUT2D eigenvalue weighted by atomic mass is 16.7. The van der Waals surface area contributed by atoms with Crippen LogP contribution in [0.4, 0.5) is 0 Å². The van der Waals surface area contributed by atoms with Gasteiger partial charge in [-0.15, -0.1) is 0 Å². The lowest BCUT2D eigenvalue weighted by molar-refractivity contribution is 0.00578. The summed E-state index contributed by atoms with van der Waals surface area (Å²) in [6.45, 7) is 10.6. The molecule has 4 nitrogen and oxygen atoms in total. The molecule has 0 bridgehead atoms. The summed E-state index contributed by atoms with van der Waals surface area (Å²) in [6.07, 6.45) is 3.23. The van der Waals surface area contributed by atoms with E-state index in [1.54, 1.807) is 0 Å². The van der Waals surface area contributed by atoms with E-state index < -0.39 is 0 Å². The van der Waals surface area contributed by atoms with Crippen LogP contribution in [-0.4, -0.2) is 49.0 Å². The molecule has 0 aliphatic carbocycles. The molecule has 1 aromatic carbocycles. The summed E-state index contributed by atoms with van der Waals surface area (Å²) >= 11 is 0. The highest BCUT2D eigenvalue weighted by Crippen LogP contribution is 2.41. The van der Waals surface area contributed by atoms with E-state index in [9.17, 15) is 0 Å². The fraction of sp³-hybridized carbons (Fsp3) is 0.684. The van der Waals surface area contributed by atoms with Gasteiger partial charge in [0.2, 0.25) is 0 Å². The number of likely N-dealkylation sites (tertiary alicyclic amines) is 1. The van der Waals surface area contributed by atoms with Gasteiger partial charge in [0.25, 0.3) is 0 Å². The maximum absolute atomic E-state index is 6.45. The van der Waals surface area contributed by atoms with E-state index in [1.807, 2.05) is 0 Å². The van der Waals surface area contributed by atoms with Crippen LogP contribution in [0.1, 0.15) is 46.1 Å². The van der Waals surface area contributed by atoms with Crippen LogP contribution in [0, 0.1) is 0 Å². The zero-order valence-corrected chi connectivity index (χ0v) is 15.5. The summed E-state index contributed by atoms with van der Waals surface area (Å²) in [5.41, 5.74) is 1.75. The quantitative estimate of drug-likeness (QED) is 0.741. The lowest BCUT2D eigenvalue weighted by atomic mass is 9.78. The number of hydrogen-bond donors (Lipinski definition) is 0. The zero-order valence-electron chi connectivity index (χ0n) is 15.5. The Morgan fingerprint density at radius 3 is 2.25 bits per heavy atom. The van der Waals surface area contributed by atoms with Crippen LogP contribution in [0.5, 0.6) is 5.75 Å². The first-order valence-corrected chi connectivity index (χ1v) is 9.06. The van der Waals surface area contributed by atoms with Crippen LogP contribution in [0.25, 0.3) is 0 Å². The van der Waals surface area contributed by atoms with E-state index in [-0.39, 0.29) is 23.9 Å². The van der Waals surface area contributed by atoms with Crippen molar-refractivity contribution < 1.29 is 14.0 Å². The van der Waals surface area contributed by atoms with E-state index in [0.717, 1.165) is 43.6 Å². The fourth-order valence-corrected chi connectivity index (χ4v) is 3.86. The van der Waals surface area contributed by atoms with Crippen LogP contribution >= 0.6 is 0 Å². The van der Waals surface area contributed by atoms with Crippen molar-refractivity contribution in [3.05, 3.63) is 23.8 Å². The number of hydrogen-bond acceptors (Lipinski definition) is 4. The molecule has 24 heavy (non-hydrogen) atoms. The van der Waals surface area contributed by atoms with Gasteiger partial charge in [-0.25, -0.2) is 0 Å². The van der Waals surface area contributed by atoms with E-state index in [1.165, 1.54) is 5.56 Å². The zero-order chi connectivity index (χ0) is 17.2. The molecule has 3 heterocycles. The molecular weight excluding hydrogens is 301 g/mol. The van der Waals surface area contributed by atoms with E-state index >= 15 is 0 Å². The van der Waals surface area contributed by atoms with E-state index in [0.29, 0.717) is 0 Å². The molecule has 4 rings (SSSR count). The molecule has 3 aliphatic heterocycles. The lowest BCUT2D eigenvalue weighted by Crippen LogP contribution is -2.45. The van der Waals surface area contributed by atoms with Gasteiger partial charge in [-0.3, -0.25) is 0 Å². The predicted octanol–water partition coefficient (Wildman–Crippen LogP) is 2.39. The van der Waals surface area contributed by atoms with Crippen molar-refractivity contribution in [1.82, 2.24) is 4.90 Å². The van der Waals surface area contributed by atoms with Crippen LogP contribution in [0.2, 0.25) is 0 Å². The number of benzene rings is 1. The topological polar surface area (TPSA) is 30.9 Å². The Bertz CT molecular complexity index is 634. The van der Waals surface area contributed by atoms with Crippen molar-refractivity contribution in [3.8, 4) is 5.75 Å². The number of nitrogens with zero attached hydrogens (tertiary/aromatic N) is 1. The number of rotatable bonds is 1. The highest BCUT2D eigenvalue weighted by molar-refractivity contribution is 6.62. The molecule has 1 aromatic rings. The molecule has 0 atom stereocenters. The SMILES string of the molecule is CN1CCC2(CC1)Cc1ccc(B3OC(C)(C)C(C)(C)O3)cc1O2. The normalized spacial score (nSPS) is 27.3. The monoisotopic (exact) mass is 329 g/mol. The molecule has 0 saturated carbocycles. The van der Waals surface area contributed by atoms with Crippen molar-refractivity contribution in [2.24, 2.45) is 0 Å². The second kappa shape index (κ2) is 5.23. The molecule has 2 fully saturated rings. The highest BCUT2D eigenvalue weighted by Gasteiger charge is 2.52. The Kier molecular flexibility index (Phi) is 3.58. The molecule has 0 N–H and O–H groups in total. The minimum Gasteiger partial charge on any atom is -0.487 e. The van der Waals surface area contributed by atoms with Gasteiger partial charge in [-0.1, -0.05) is 12.1 Å². The van der Waals surface area contributed by atoms with Gasteiger partial charge in [-0.05, 0) is 51.8 Å². The molecular formula is C19H28BNO3. The maximum atomic E-state index is 6.45. The molecule has 0 radical (unpaired) electrons. The van der Waals surface area contributed by atoms with Crippen molar-refractivity contribution in [2.45, 2.75) is 63.8 Å².